The summed E-state index contributed by atoms with van der Waals surface area (Å²) in [6.45, 7) is 3.51. The van der Waals surface area contributed by atoms with Crippen LogP contribution in [0.1, 0.15) is 21.5 Å². The van der Waals surface area contributed by atoms with Crippen LogP contribution in [-0.2, 0) is 10.0 Å². The fourth-order valence-corrected chi connectivity index (χ4v) is 3.52. The minimum Gasteiger partial charge on any atom is -0.478 e. The van der Waals surface area contributed by atoms with Gasteiger partial charge in [-0.05, 0) is 43.7 Å². The minimum absolute atomic E-state index is 0.0156. The molecule has 0 radical (unpaired) electrons. The standard InChI is InChI=1S/C18H17N3O4S/c1-12-6-8-14(9-7-12)21-11-15(10-19-21)26(24,25)20-17-5-3-4-16(13(17)2)18(22)23/h3-11,20H,1-2H3,(H,22,23). The fraction of sp³-hybridized carbons (Fsp3) is 0.111. The van der Waals surface area contributed by atoms with Crippen LogP contribution in [0.25, 0.3) is 5.69 Å². The van der Waals surface area contributed by atoms with E-state index < -0.39 is 16.0 Å². The number of anilines is 1. The smallest absolute Gasteiger partial charge is 0.336 e. The average molecular weight is 371 g/mol. The van der Waals surface area contributed by atoms with Crippen LogP contribution in [-0.4, -0.2) is 29.3 Å². The Morgan fingerprint density at radius 1 is 1.12 bits per heavy atom. The van der Waals surface area contributed by atoms with Crippen molar-refractivity contribution in [1.82, 2.24) is 9.78 Å². The molecule has 0 aliphatic heterocycles. The number of carboxylic acids is 1. The highest BCUT2D eigenvalue weighted by Crippen LogP contribution is 2.23. The number of sulfonamides is 1. The average Bonchev–Trinajstić information content (AvgIpc) is 3.08. The lowest BCUT2D eigenvalue weighted by Crippen LogP contribution is -2.14. The Morgan fingerprint density at radius 3 is 2.46 bits per heavy atom. The lowest BCUT2D eigenvalue weighted by molar-refractivity contribution is 0.0696. The zero-order valence-electron chi connectivity index (χ0n) is 14.2. The number of nitrogens with zero attached hydrogens (tertiary/aromatic N) is 2. The molecule has 2 aromatic carbocycles. The molecule has 0 unspecified atom stereocenters. The highest BCUT2D eigenvalue weighted by Gasteiger charge is 2.19. The van der Waals surface area contributed by atoms with Crippen molar-refractivity contribution in [3.8, 4) is 5.69 Å². The molecule has 1 heterocycles. The third kappa shape index (κ3) is 3.45. The van der Waals surface area contributed by atoms with Gasteiger partial charge in [0.2, 0.25) is 0 Å². The molecule has 0 spiro atoms. The third-order valence-corrected chi connectivity index (χ3v) is 5.30. The van der Waals surface area contributed by atoms with Gasteiger partial charge in [-0.2, -0.15) is 5.10 Å². The Bertz CT molecular complexity index is 1070. The van der Waals surface area contributed by atoms with Gasteiger partial charge in [-0.15, -0.1) is 0 Å². The molecule has 134 valence electrons. The second kappa shape index (κ2) is 6.64. The first kappa shape index (κ1) is 17.7. The zero-order chi connectivity index (χ0) is 18.9. The van der Waals surface area contributed by atoms with Crippen LogP contribution < -0.4 is 4.72 Å². The van der Waals surface area contributed by atoms with Gasteiger partial charge in [0.1, 0.15) is 4.90 Å². The molecular formula is C18H17N3O4S. The molecule has 0 saturated heterocycles. The molecule has 0 amide bonds. The van der Waals surface area contributed by atoms with Gasteiger partial charge in [0.05, 0.1) is 29.3 Å². The van der Waals surface area contributed by atoms with Gasteiger partial charge >= 0.3 is 5.97 Å². The molecule has 0 fully saturated rings. The summed E-state index contributed by atoms with van der Waals surface area (Å²) in [6.07, 6.45) is 2.65. The minimum atomic E-state index is -3.90. The molecule has 0 aliphatic rings. The number of aromatic nitrogens is 2. The second-order valence-electron chi connectivity index (χ2n) is 5.84. The van der Waals surface area contributed by atoms with E-state index in [0.29, 0.717) is 5.56 Å². The van der Waals surface area contributed by atoms with Crippen molar-refractivity contribution in [2.45, 2.75) is 18.7 Å². The maximum atomic E-state index is 12.6. The lowest BCUT2D eigenvalue weighted by atomic mass is 10.1. The largest absolute Gasteiger partial charge is 0.478 e. The van der Waals surface area contributed by atoms with E-state index in [-0.39, 0.29) is 16.1 Å². The van der Waals surface area contributed by atoms with E-state index in [1.54, 1.807) is 6.92 Å². The number of benzene rings is 2. The molecular weight excluding hydrogens is 354 g/mol. The Balaban J connectivity index is 1.91. The van der Waals surface area contributed by atoms with Gasteiger partial charge in [-0.1, -0.05) is 23.8 Å². The van der Waals surface area contributed by atoms with Crippen LogP contribution in [0.4, 0.5) is 5.69 Å². The summed E-state index contributed by atoms with van der Waals surface area (Å²) in [4.78, 5) is 11.2. The molecule has 26 heavy (non-hydrogen) atoms. The van der Waals surface area contributed by atoms with Crippen LogP contribution in [0.3, 0.4) is 0 Å². The molecule has 7 nitrogen and oxygen atoms in total. The third-order valence-electron chi connectivity index (χ3n) is 3.98. The SMILES string of the molecule is Cc1ccc(-n2cc(S(=O)(=O)Nc3cccc(C(=O)O)c3C)cn2)cc1. The van der Waals surface area contributed by atoms with E-state index in [4.69, 9.17) is 5.11 Å². The summed E-state index contributed by atoms with van der Waals surface area (Å²) in [5, 5.41) is 13.3. The Kier molecular flexibility index (Phi) is 4.52. The number of nitrogens with one attached hydrogen (secondary N) is 1. The van der Waals surface area contributed by atoms with Gasteiger partial charge < -0.3 is 5.11 Å². The first-order chi connectivity index (χ1) is 12.3. The van der Waals surface area contributed by atoms with Crippen molar-refractivity contribution in [3.05, 3.63) is 71.5 Å². The second-order valence-corrected chi connectivity index (χ2v) is 7.53. The van der Waals surface area contributed by atoms with Gasteiger partial charge in [0.15, 0.2) is 0 Å². The van der Waals surface area contributed by atoms with E-state index in [1.807, 2.05) is 31.2 Å². The number of carboxylic acid groups (broad SMARTS) is 1. The molecule has 0 saturated carbocycles. The zero-order valence-corrected chi connectivity index (χ0v) is 15.0. The highest BCUT2D eigenvalue weighted by molar-refractivity contribution is 7.92. The molecule has 1 aromatic heterocycles. The Morgan fingerprint density at radius 2 is 1.81 bits per heavy atom. The predicted octanol–water partition coefficient (Wildman–Crippen LogP) is 2.99. The first-order valence-corrected chi connectivity index (χ1v) is 9.24. The molecule has 8 heteroatoms. The normalized spacial score (nSPS) is 11.3. The number of aryl methyl sites for hydroxylation is 1. The molecule has 2 N–H and O–H groups in total. The summed E-state index contributed by atoms with van der Waals surface area (Å²) in [5.74, 6) is -1.12. The number of rotatable bonds is 5. The summed E-state index contributed by atoms with van der Waals surface area (Å²) in [6, 6.07) is 11.9. The monoisotopic (exact) mass is 371 g/mol. The number of carbonyl (C=O) groups is 1. The molecule has 0 aliphatic carbocycles. The van der Waals surface area contributed by atoms with Crippen molar-refractivity contribution in [3.63, 3.8) is 0 Å². The van der Waals surface area contributed by atoms with E-state index in [1.165, 1.54) is 35.3 Å². The maximum absolute atomic E-state index is 12.6. The number of hydrogen-bond donors (Lipinski definition) is 2. The number of hydrogen-bond acceptors (Lipinski definition) is 4. The van der Waals surface area contributed by atoms with Crippen LogP contribution in [0, 0.1) is 13.8 Å². The molecule has 0 bridgehead atoms. The first-order valence-electron chi connectivity index (χ1n) is 7.75. The van der Waals surface area contributed by atoms with Gasteiger partial charge in [0.25, 0.3) is 10.0 Å². The maximum Gasteiger partial charge on any atom is 0.336 e. The summed E-state index contributed by atoms with van der Waals surface area (Å²) < 4.78 is 29.1. The quantitative estimate of drug-likeness (QED) is 0.718. The van der Waals surface area contributed by atoms with E-state index >= 15 is 0 Å². The number of aromatic carboxylic acids is 1. The van der Waals surface area contributed by atoms with Crippen LogP contribution in [0.15, 0.2) is 59.8 Å². The Hall–Kier alpha value is -3.13. The molecule has 3 rings (SSSR count). The van der Waals surface area contributed by atoms with Crippen LogP contribution >= 0.6 is 0 Å². The van der Waals surface area contributed by atoms with Gasteiger partial charge in [-0.3, -0.25) is 4.72 Å². The van der Waals surface area contributed by atoms with Crippen LogP contribution in [0.2, 0.25) is 0 Å². The van der Waals surface area contributed by atoms with E-state index in [9.17, 15) is 13.2 Å². The lowest BCUT2D eigenvalue weighted by Gasteiger charge is -2.11. The van der Waals surface area contributed by atoms with E-state index in [0.717, 1.165) is 11.3 Å². The highest BCUT2D eigenvalue weighted by atomic mass is 32.2. The van der Waals surface area contributed by atoms with Crippen molar-refractivity contribution in [2.24, 2.45) is 0 Å². The van der Waals surface area contributed by atoms with E-state index in [2.05, 4.69) is 9.82 Å². The Labute approximate surface area is 151 Å². The summed E-state index contributed by atoms with van der Waals surface area (Å²) in [5.41, 5.74) is 2.42. The fourth-order valence-electron chi connectivity index (χ4n) is 2.47. The van der Waals surface area contributed by atoms with Gasteiger partial charge in [-0.25, -0.2) is 17.9 Å². The molecule has 0 atom stereocenters. The van der Waals surface area contributed by atoms with Crippen LogP contribution in [0.5, 0.6) is 0 Å². The van der Waals surface area contributed by atoms with Crippen molar-refractivity contribution in [1.29, 1.82) is 0 Å². The molecule has 3 aromatic rings. The van der Waals surface area contributed by atoms with Gasteiger partial charge in [0, 0.05) is 0 Å². The van der Waals surface area contributed by atoms with Crippen molar-refractivity contribution in [2.75, 3.05) is 4.72 Å². The summed E-state index contributed by atoms with van der Waals surface area (Å²) >= 11 is 0. The summed E-state index contributed by atoms with van der Waals surface area (Å²) in [7, 11) is -3.90. The van der Waals surface area contributed by atoms with Crippen molar-refractivity contribution < 1.29 is 18.3 Å². The van der Waals surface area contributed by atoms with Crippen molar-refractivity contribution >= 4 is 21.7 Å². The predicted molar refractivity (Wildman–Crippen MR) is 97.2 cm³/mol. The topological polar surface area (TPSA) is 101 Å².